The lowest BCUT2D eigenvalue weighted by molar-refractivity contribution is -0.120. The molecule has 0 saturated carbocycles. The first-order chi connectivity index (χ1) is 14.8. The van der Waals surface area contributed by atoms with E-state index in [0.717, 1.165) is 20.4 Å². The zero-order chi connectivity index (χ0) is 24.1. The van der Waals surface area contributed by atoms with Crippen molar-refractivity contribution >= 4 is 31.6 Å². The fraction of sp³-hybridized carbons (Fsp3) is 0.409. The summed E-state index contributed by atoms with van der Waals surface area (Å²) in [6.07, 6.45) is 1.71. The first-order valence-corrected chi connectivity index (χ1v) is 13.5. The number of sulfonamides is 2. The normalized spacial score (nSPS) is 13.2. The topological polar surface area (TPSA) is 104 Å². The molecule has 2 aromatic carbocycles. The second kappa shape index (κ2) is 10.5. The van der Waals surface area contributed by atoms with Gasteiger partial charge in [-0.05, 0) is 42.2 Å². The zero-order valence-corrected chi connectivity index (χ0v) is 20.7. The molecule has 1 N–H and O–H groups in total. The molecule has 0 saturated heterocycles. The van der Waals surface area contributed by atoms with Crippen molar-refractivity contribution in [2.24, 2.45) is 5.92 Å². The van der Waals surface area contributed by atoms with E-state index in [0.29, 0.717) is 12.3 Å². The summed E-state index contributed by atoms with van der Waals surface area (Å²) in [5.41, 5.74) is 1.15. The number of carbonyl (C=O) groups excluding carboxylic acids is 1. The molecule has 10 heteroatoms. The van der Waals surface area contributed by atoms with Gasteiger partial charge < -0.3 is 5.32 Å². The van der Waals surface area contributed by atoms with Crippen molar-refractivity contribution in [3.63, 3.8) is 0 Å². The van der Waals surface area contributed by atoms with E-state index in [4.69, 9.17) is 0 Å². The van der Waals surface area contributed by atoms with Gasteiger partial charge in [0.25, 0.3) is 0 Å². The molecule has 0 spiro atoms. The molecule has 1 amide bonds. The van der Waals surface area contributed by atoms with Crippen LogP contribution >= 0.6 is 0 Å². The standard InChI is InChI=1S/C22H31N3O5S2/c1-17(2)15-21(18-9-7-6-8-10-18)23-22(26)16-25(31(5,27)28)19-11-13-20(14-12-19)32(29,30)24(3)4/h6-14,17,21H,15-16H2,1-5H3,(H,23,26). The van der Waals surface area contributed by atoms with E-state index in [1.807, 2.05) is 44.2 Å². The van der Waals surface area contributed by atoms with Gasteiger partial charge in [0.05, 0.1) is 22.9 Å². The molecule has 0 fully saturated rings. The molecule has 1 unspecified atom stereocenters. The lowest BCUT2D eigenvalue weighted by Crippen LogP contribution is -2.41. The predicted octanol–water partition coefficient (Wildman–Crippen LogP) is 2.61. The molecular weight excluding hydrogens is 450 g/mol. The minimum atomic E-state index is -3.79. The highest BCUT2D eigenvalue weighted by molar-refractivity contribution is 7.92. The summed E-state index contributed by atoms with van der Waals surface area (Å²) in [7, 11) is -4.61. The zero-order valence-electron chi connectivity index (χ0n) is 19.0. The van der Waals surface area contributed by atoms with Gasteiger partial charge in [0.2, 0.25) is 26.0 Å². The van der Waals surface area contributed by atoms with Gasteiger partial charge in [-0.2, -0.15) is 0 Å². The second-order valence-electron chi connectivity index (χ2n) is 8.21. The van der Waals surface area contributed by atoms with Crippen molar-refractivity contribution in [3.05, 3.63) is 60.2 Å². The van der Waals surface area contributed by atoms with E-state index in [1.54, 1.807) is 0 Å². The molecule has 1 atom stereocenters. The Hall–Kier alpha value is -2.43. The van der Waals surface area contributed by atoms with Crippen LogP contribution in [0.5, 0.6) is 0 Å². The van der Waals surface area contributed by atoms with Crippen molar-refractivity contribution in [2.75, 3.05) is 31.2 Å². The van der Waals surface area contributed by atoms with Crippen LogP contribution in [0.4, 0.5) is 5.69 Å². The van der Waals surface area contributed by atoms with Crippen molar-refractivity contribution in [2.45, 2.75) is 31.2 Å². The van der Waals surface area contributed by atoms with Gasteiger partial charge in [0.1, 0.15) is 6.54 Å². The summed E-state index contributed by atoms with van der Waals surface area (Å²) in [6, 6.07) is 14.7. The van der Waals surface area contributed by atoms with Crippen LogP contribution in [-0.2, 0) is 24.8 Å². The maximum absolute atomic E-state index is 12.8. The quantitative estimate of drug-likeness (QED) is 0.562. The SMILES string of the molecule is CC(C)CC(NC(=O)CN(c1ccc(S(=O)(=O)N(C)C)cc1)S(C)(=O)=O)c1ccccc1. The Morgan fingerprint density at radius 2 is 1.50 bits per heavy atom. The number of amides is 1. The highest BCUT2D eigenvalue weighted by Gasteiger charge is 2.24. The smallest absolute Gasteiger partial charge is 0.242 e. The average Bonchev–Trinajstić information content (AvgIpc) is 2.71. The summed E-state index contributed by atoms with van der Waals surface area (Å²) in [4.78, 5) is 12.9. The minimum absolute atomic E-state index is 0.0326. The van der Waals surface area contributed by atoms with Gasteiger partial charge in [-0.1, -0.05) is 44.2 Å². The molecule has 0 bridgehead atoms. The molecule has 32 heavy (non-hydrogen) atoms. The summed E-state index contributed by atoms with van der Waals surface area (Å²) < 4.78 is 51.4. The number of benzene rings is 2. The van der Waals surface area contributed by atoms with Gasteiger partial charge >= 0.3 is 0 Å². The highest BCUT2D eigenvalue weighted by Crippen LogP contribution is 2.23. The first-order valence-electron chi connectivity index (χ1n) is 10.2. The van der Waals surface area contributed by atoms with Crippen LogP contribution in [-0.4, -0.2) is 53.9 Å². The Balaban J connectivity index is 2.26. The number of rotatable bonds is 10. The van der Waals surface area contributed by atoms with Crippen molar-refractivity contribution < 1.29 is 21.6 Å². The summed E-state index contributed by atoms with van der Waals surface area (Å²) in [5.74, 6) is -0.132. The van der Waals surface area contributed by atoms with Crippen molar-refractivity contribution in [1.29, 1.82) is 0 Å². The second-order valence-corrected chi connectivity index (χ2v) is 12.3. The Bertz CT molecular complexity index is 1110. The molecule has 0 aliphatic carbocycles. The molecule has 2 aromatic rings. The summed E-state index contributed by atoms with van der Waals surface area (Å²) in [6.45, 7) is 3.68. The van der Waals surface area contributed by atoms with E-state index < -0.39 is 32.5 Å². The van der Waals surface area contributed by atoms with Crippen LogP contribution < -0.4 is 9.62 Å². The average molecular weight is 482 g/mol. The fourth-order valence-electron chi connectivity index (χ4n) is 3.20. The Labute approximate surface area is 191 Å². The van der Waals surface area contributed by atoms with Gasteiger partial charge in [-0.15, -0.1) is 0 Å². The van der Waals surface area contributed by atoms with Crippen LogP contribution in [0.25, 0.3) is 0 Å². The van der Waals surface area contributed by atoms with E-state index >= 15 is 0 Å². The Kier molecular flexibility index (Phi) is 8.44. The third kappa shape index (κ3) is 6.78. The molecule has 0 heterocycles. The van der Waals surface area contributed by atoms with Crippen molar-refractivity contribution in [3.8, 4) is 0 Å². The molecule has 0 aromatic heterocycles. The molecule has 0 radical (unpaired) electrons. The number of anilines is 1. The number of carbonyl (C=O) groups is 1. The maximum Gasteiger partial charge on any atom is 0.242 e. The van der Waals surface area contributed by atoms with Gasteiger partial charge in [0, 0.05) is 14.1 Å². The molecule has 0 aliphatic rings. The van der Waals surface area contributed by atoms with Crippen LogP contribution in [0.15, 0.2) is 59.5 Å². The maximum atomic E-state index is 12.8. The Morgan fingerprint density at radius 1 is 0.938 bits per heavy atom. The van der Waals surface area contributed by atoms with Crippen LogP contribution in [0, 0.1) is 5.92 Å². The molecule has 0 aliphatic heterocycles. The number of hydrogen-bond donors (Lipinski definition) is 1. The van der Waals surface area contributed by atoms with Crippen LogP contribution in [0.3, 0.4) is 0 Å². The van der Waals surface area contributed by atoms with Gasteiger partial charge in [0.15, 0.2) is 0 Å². The molecule has 8 nitrogen and oxygen atoms in total. The summed E-state index contributed by atoms with van der Waals surface area (Å²) >= 11 is 0. The Morgan fingerprint density at radius 3 is 1.97 bits per heavy atom. The largest absolute Gasteiger partial charge is 0.348 e. The first kappa shape index (κ1) is 25.8. The summed E-state index contributed by atoms with van der Waals surface area (Å²) in [5, 5.41) is 2.94. The fourth-order valence-corrected chi connectivity index (χ4v) is 4.96. The molecular formula is C22H31N3O5S2. The van der Waals surface area contributed by atoms with Gasteiger partial charge in [-0.25, -0.2) is 21.1 Å². The minimum Gasteiger partial charge on any atom is -0.348 e. The molecule has 2 rings (SSSR count). The number of hydrogen-bond acceptors (Lipinski definition) is 5. The van der Waals surface area contributed by atoms with E-state index in [-0.39, 0.29) is 16.6 Å². The predicted molar refractivity (Wildman–Crippen MR) is 126 cm³/mol. The number of nitrogens with zero attached hydrogens (tertiary/aromatic N) is 2. The van der Waals surface area contributed by atoms with E-state index in [9.17, 15) is 21.6 Å². The monoisotopic (exact) mass is 481 g/mol. The van der Waals surface area contributed by atoms with Crippen LogP contribution in [0.2, 0.25) is 0 Å². The van der Waals surface area contributed by atoms with E-state index in [2.05, 4.69) is 5.32 Å². The molecule has 176 valence electrons. The van der Waals surface area contributed by atoms with E-state index in [1.165, 1.54) is 38.4 Å². The van der Waals surface area contributed by atoms with Crippen molar-refractivity contribution in [1.82, 2.24) is 9.62 Å². The highest BCUT2D eigenvalue weighted by atomic mass is 32.2. The third-order valence-electron chi connectivity index (χ3n) is 4.84. The van der Waals surface area contributed by atoms with Crippen LogP contribution in [0.1, 0.15) is 31.9 Å². The lowest BCUT2D eigenvalue weighted by Gasteiger charge is -2.25. The third-order valence-corrected chi connectivity index (χ3v) is 7.80. The lowest BCUT2D eigenvalue weighted by atomic mass is 9.97. The van der Waals surface area contributed by atoms with Gasteiger partial charge in [-0.3, -0.25) is 9.10 Å². The number of nitrogens with one attached hydrogen (secondary N) is 1.